The average molecular weight is 176 g/mol. The summed E-state index contributed by atoms with van der Waals surface area (Å²) < 4.78 is 0. The summed E-state index contributed by atoms with van der Waals surface area (Å²) in [5, 5.41) is 9.29. The molecule has 2 nitrogen and oxygen atoms in total. The normalized spacial score (nSPS) is 55.6. The second-order valence-electron chi connectivity index (χ2n) is 4.95. The van der Waals surface area contributed by atoms with E-state index in [9.17, 15) is 9.90 Å². The zero-order valence-corrected chi connectivity index (χ0v) is 7.42. The zero-order valence-electron chi connectivity index (χ0n) is 7.42. The summed E-state index contributed by atoms with van der Waals surface area (Å²) in [6.45, 7) is 0. The fourth-order valence-corrected chi connectivity index (χ4v) is 4.18. The van der Waals surface area contributed by atoms with Gasteiger partial charge in [-0.2, -0.15) is 0 Å². The number of rotatable bonds is 1. The van der Waals surface area contributed by atoms with Crippen LogP contribution in [0, 0.1) is 35.0 Å². The van der Waals surface area contributed by atoms with Crippen LogP contribution in [0.4, 0.5) is 0 Å². The van der Waals surface area contributed by atoms with Crippen LogP contribution in [-0.2, 0) is 4.79 Å². The smallest absolute Gasteiger partial charge is 0.311 e. The van der Waals surface area contributed by atoms with Gasteiger partial charge in [-0.1, -0.05) is 5.92 Å². The largest absolute Gasteiger partial charge is 0.481 e. The van der Waals surface area contributed by atoms with Crippen molar-refractivity contribution in [3.63, 3.8) is 0 Å². The first-order chi connectivity index (χ1) is 6.13. The Kier molecular flexibility index (Phi) is 1.01. The van der Waals surface area contributed by atoms with E-state index < -0.39 is 11.4 Å². The SMILES string of the molecule is C#CC12CC3CC1(C(=O)O)CC3C2. The molecule has 0 spiro atoms. The van der Waals surface area contributed by atoms with Gasteiger partial charge in [0.15, 0.2) is 0 Å². The number of terminal acetylenes is 1. The number of carbonyl (C=O) groups is 1. The first-order valence-corrected chi connectivity index (χ1v) is 4.85. The van der Waals surface area contributed by atoms with Gasteiger partial charge in [0.05, 0.1) is 5.41 Å². The lowest BCUT2D eigenvalue weighted by Crippen LogP contribution is -2.38. The minimum atomic E-state index is -0.645. The molecule has 2 unspecified atom stereocenters. The van der Waals surface area contributed by atoms with Crippen LogP contribution >= 0.6 is 0 Å². The van der Waals surface area contributed by atoms with Crippen molar-refractivity contribution in [3.8, 4) is 12.3 Å². The first kappa shape index (κ1) is 7.44. The Morgan fingerprint density at radius 1 is 1.31 bits per heavy atom. The van der Waals surface area contributed by atoms with Crippen LogP contribution < -0.4 is 0 Å². The van der Waals surface area contributed by atoms with Crippen molar-refractivity contribution in [1.82, 2.24) is 0 Å². The first-order valence-electron chi connectivity index (χ1n) is 4.85. The summed E-state index contributed by atoms with van der Waals surface area (Å²) in [5.41, 5.74) is -0.800. The molecule has 0 aromatic carbocycles. The van der Waals surface area contributed by atoms with Gasteiger partial charge in [-0.15, -0.1) is 6.42 Å². The molecule has 0 aromatic rings. The quantitative estimate of drug-likeness (QED) is 0.615. The summed E-state index contributed by atoms with van der Waals surface area (Å²) in [5.74, 6) is 3.39. The Balaban J connectivity index is 2.18. The third-order valence-corrected chi connectivity index (χ3v) is 4.71. The lowest BCUT2D eigenvalue weighted by atomic mass is 9.68. The van der Waals surface area contributed by atoms with Crippen molar-refractivity contribution in [2.75, 3.05) is 0 Å². The highest BCUT2D eigenvalue weighted by Gasteiger charge is 2.74. The Bertz CT molecular complexity index is 322. The molecular formula is C11H12O2. The van der Waals surface area contributed by atoms with Gasteiger partial charge in [-0.05, 0) is 37.5 Å². The summed E-state index contributed by atoms with van der Waals surface area (Å²) in [7, 11) is 0. The van der Waals surface area contributed by atoms with Gasteiger partial charge >= 0.3 is 5.97 Å². The molecule has 0 aliphatic heterocycles. The molecule has 4 aliphatic rings. The predicted molar refractivity (Wildman–Crippen MR) is 46.8 cm³/mol. The van der Waals surface area contributed by atoms with E-state index in [4.69, 9.17) is 6.42 Å². The molecule has 13 heavy (non-hydrogen) atoms. The fourth-order valence-electron chi connectivity index (χ4n) is 4.18. The van der Waals surface area contributed by atoms with E-state index >= 15 is 0 Å². The minimum Gasteiger partial charge on any atom is -0.481 e. The lowest BCUT2D eigenvalue weighted by molar-refractivity contribution is -0.151. The molecule has 4 aliphatic carbocycles. The van der Waals surface area contributed by atoms with Crippen molar-refractivity contribution in [2.24, 2.45) is 22.7 Å². The lowest BCUT2D eigenvalue weighted by Gasteiger charge is -2.32. The zero-order chi connectivity index (χ0) is 9.27. The van der Waals surface area contributed by atoms with E-state index in [-0.39, 0.29) is 5.41 Å². The molecule has 0 radical (unpaired) electrons. The number of hydrogen-bond acceptors (Lipinski definition) is 1. The number of carboxylic acid groups (broad SMARTS) is 1. The van der Waals surface area contributed by atoms with Crippen LogP contribution in [0.3, 0.4) is 0 Å². The molecule has 1 N–H and O–H groups in total. The van der Waals surface area contributed by atoms with Crippen molar-refractivity contribution >= 4 is 5.97 Å². The highest BCUT2D eigenvalue weighted by molar-refractivity contribution is 5.79. The highest BCUT2D eigenvalue weighted by Crippen LogP contribution is 2.76. The Morgan fingerprint density at radius 2 is 1.85 bits per heavy atom. The number of aliphatic carboxylic acids is 1. The second-order valence-corrected chi connectivity index (χ2v) is 4.95. The average Bonchev–Trinajstić information content (AvgIpc) is 2.71. The van der Waals surface area contributed by atoms with Crippen LogP contribution in [-0.4, -0.2) is 11.1 Å². The third-order valence-electron chi connectivity index (χ3n) is 4.71. The Labute approximate surface area is 77.3 Å². The van der Waals surface area contributed by atoms with Crippen LogP contribution in [0.15, 0.2) is 0 Å². The van der Waals surface area contributed by atoms with Gasteiger partial charge in [-0.25, -0.2) is 0 Å². The van der Waals surface area contributed by atoms with E-state index in [1.807, 2.05) is 0 Å². The van der Waals surface area contributed by atoms with Crippen LogP contribution in [0.1, 0.15) is 25.7 Å². The van der Waals surface area contributed by atoms with E-state index in [1.165, 1.54) is 0 Å². The van der Waals surface area contributed by atoms with Gasteiger partial charge in [0.1, 0.15) is 0 Å². The fraction of sp³-hybridized carbons (Fsp3) is 0.727. The molecule has 0 amide bonds. The predicted octanol–water partition coefficient (Wildman–Crippen LogP) is 1.51. The topological polar surface area (TPSA) is 37.3 Å². The minimum absolute atomic E-state index is 0.270. The molecule has 2 heteroatoms. The van der Waals surface area contributed by atoms with E-state index in [0.717, 1.165) is 25.7 Å². The number of hydrogen-bond donors (Lipinski definition) is 1. The van der Waals surface area contributed by atoms with Crippen LogP contribution in [0.5, 0.6) is 0 Å². The maximum atomic E-state index is 11.3. The van der Waals surface area contributed by atoms with Gasteiger partial charge < -0.3 is 5.11 Å². The van der Waals surface area contributed by atoms with Crippen molar-refractivity contribution in [2.45, 2.75) is 25.7 Å². The summed E-state index contributed by atoms with van der Waals surface area (Å²) in [4.78, 5) is 11.3. The molecule has 0 aromatic heterocycles. The van der Waals surface area contributed by atoms with Gasteiger partial charge in [0.25, 0.3) is 0 Å². The summed E-state index contributed by atoms with van der Waals surface area (Å²) in [6.07, 6.45) is 9.17. The van der Waals surface area contributed by atoms with Gasteiger partial charge in [0.2, 0.25) is 0 Å². The van der Waals surface area contributed by atoms with Gasteiger partial charge in [0, 0.05) is 5.41 Å². The maximum Gasteiger partial charge on any atom is 0.311 e. The molecule has 68 valence electrons. The molecular weight excluding hydrogens is 164 g/mol. The van der Waals surface area contributed by atoms with E-state index in [2.05, 4.69) is 5.92 Å². The van der Waals surface area contributed by atoms with Crippen LogP contribution in [0.2, 0.25) is 0 Å². The molecule has 4 rings (SSSR count). The Hall–Kier alpha value is -0.970. The molecule has 4 bridgehead atoms. The Morgan fingerprint density at radius 3 is 2.15 bits per heavy atom. The van der Waals surface area contributed by atoms with Crippen molar-refractivity contribution in [3.05, 3.63) is 0 Å². The highest BCUT2D eigenvalue weighted by atomic mass is 16.4. The van der Waals surface area contributed by atoms with E-state index in [1.54, 1.807) is 0 Å². The van der Waals surface area contributed by atoms with Gasteiger partial charge in [-0.3, -0.25) is 4.79 Å². The van der Waals surface area contributed by atoms with Crippen molar-refractivity contribution < 1.29 is 9.90 Å². The third kappa shape index (κ3) is 0.534. The molecule has 2 atom stereocenters. The summed E-state index contributed by atoms with van der Waals surface area (Å²) in [6, 6.07) is 0. The molecule has 4 saturated carbocycles. The summed E-state index contributed by atoms with van der Waals surface area (Å²) >= 11 is 0. The maximum absolute atomic E-state index is 11.3. The number of carboxylic acids is 1. The standard InChI is InChI=1S/C11H12O2/c1-2-10-3-7-5-11(10,9(12)13)6-8(7)4-10/h1,7-8H,3-6H2,(H,12,13). The molecule has 4 fully saturated rings. The van der Waals surface area contributed by atoms with E-state index in [0.29, 0.717) is 11.8 Å². The monoisotopic (exact) mass is 176 g/mol. The second kappa shape index (κ2) is 1.77. The van der Waals surface area contributed by atoms with Crippen LogP contribution in [0.25, 0.3) is 0 Å². The molecule has 0 saturated heterocycles. The molecule has 0 heterocycles. The van der Waals surface area contributed by atoms with Crippen molar-refractivity contribution in [1.29, 1.82) is 0 Å².